The van der Waals surface area contributed by atoms with Crippen molar-refractivity contribution < 1.29 is 14.3 Å². The van der Waals surface area contributed by atoms with Gasteiger partial charge in [-0.05, 0) is 31.9 Å². The van der Waals surface area contributed by atoms with E-state index in [-0.39, 0.29) is 5.91 Å². The van der Waals surface area contributed by atoms with Gasteiger partial charge in [0.1, 0.15) is 28.9 Å². The highest BCUT2D eigenvalue weighted by Crippen LogP contribution is 2.26. The van der Waals surface area contributed by atoms with Crippen LogP contribution in [0.15, 0.2) is 30.5 Å². The maximum absolute atomic E-state index is 12.8. The first-order valence-corrected chi connectivity index (χ1v) is 12.9. The van der Waals surface area contributed by atoms with Gasteiger partial charge in [0.25, 0.3) is 5.91 Å². The molecule has 1 aliphatic rings. The van der Waals surface area contributed by atoms with Gasteiger partial charge in [-0.1, -0.05) is 29.5 Å². The summed E-state index contributed by atoms with van der Waals surface area (Å²) >= 11 is 1.27. The average molecular weight is 525 g/mol. The van der Waals surface area contributed by atoms with Gasteiger partial charge in [0, 0.05) is 51.5 Å². The smallest absolute Gasteiger partial charge is 0.406 e. The molecule has 0 saturated carbocycles. The second-order valence-corrected chi connectivity index (χ2v) is 9.78. The van der Waals surface area contributed by atoms with Gasteiger partial charge in [0.05, 0.1) is 6.20 Å². The van der Waals surface area contributed by atoms with Crippen molar-refractivity contribution in [1.82, 2.24) is 25.2 Å². The van der Waals surface area contributed by atoms with Crippen LogP contribution in [0.2, 0.25) is 0 Å². The van der Waals surface area contributed by atoms with Crippen molar-refractivity contribution in [2.45, 2.75) is 20.8 Å². The second kappa shape index (κ2) is 12.0. The molecule has 2 aromatic heterocycles. The predicted octanol–water partition coefficient (Wildman–Crippen LogP) is 3.33. The number of carbonyl (C=O) groups excluding carboxylic acids is 2. The highest BCUT2D eigenvalue weighted by Gasteiger charge is 2.20. The molecule has 3 aromatic rings. The second-order valence-electron chi connectivity index (χ2n) is 8.75. The zero-order valence-electron chi connectivity index (χ0n) is 21.5. The van der Waals surface area contributed by atoms with E-state index in [4.69, 9.17) is 4.74 Å². The number of anilines is 4. The SMILES string of the molecule is CNC(=O)OCCN1CCN(c2cc(Nc3ncc(C(=O)Nc4c(C)cccc4C)s3)nc(C)n2)CC1. The third-order valence-electron chi connectivity index (χ3n) is 6.05. The minimum Gasteiger partial charge on any atom is -0.448 e. The zero-order chi connectivity index (χ0) is 26.4. The molecule has 0 spiro atoms. The Labute approximate surface area is 220 Å². The summed E-state index contributed by atoms with van der Waals surface area (Å²) in [6, 6.07) is 7.81. The Kier molecular flexibility index (Phi) is 8.51. The van der Waals surface area contributed by atoms with E-state index in [9.17, 15) is 9.59 Å². The van der Waals surface area contributed by atoms with E-state index in [1.54, 1.807) is 13.2 Å². The van der Waals surface area contributed by atoms with Crippen molar-refractivity contribution in [1.29, 1.82) is 0 Å². The standard InChI is InChI=1S/C25H32N8O3S/c1-16-6-5-7-17(2)22(16)31-23(34)19-15-27-24(37-19)30-20-14-21(29-18(3)28-20)33-10-8-32(9-11-33)12-13-36-25(35)26-4/h5-7,14-15H,8-13H2,1-4H3,(H,26,35)(H,31,34)(H,27,28,29,30). The molecule has 3 heterocycles. The number of benzene rings is 1. The lowest BCUT2D eigenvalue weighted by atomic mass is 10.1. The Hall–Kier alpha value is -3.77. The normalized spacial score (nSPS) is 13.8. The third kappa shape index (κ3) is 6.92. The number of aryl methyl sites for hydroxylation is 3. The number of alkyl carbamates (subject to hydrolysis) is 1. The molecule has 1 saturated heterocycles. The van der Waals surface area contributed by atoms with Crippen LogP contribution in [-0.4, -0.2) is 78.2 Å². The van der Waals surface area contributed by atoms with Crippen LogP contribution >= 0.6 is 11.3 Å². The largest absolute Gasteiger partial charge is 0.448 e. The molecule has 0 aliphatic carbocycles. The summed E-state index contributed by atoms with van der Waals surface area (Å²) < 4.78 is 5.09. The molecule has 4 rings (SSSR count). The number of hydrogen-bond donors (Lipinski definition) is 3. The van der Waals surface area contributed by atoms with Crippen LogP contribution in [0.3, 0.4) is 0 Å². The van der Waals surface area contributed by atoms with Crippen molar-refractivity contribution in [3.8, 4) is 0 Å². The highest BCUT2D eigenvalue weighted by atomic mass is 32.1. The van der Waals surface area contributed by atoms with Gasteiger partial charge in [-0.2, -0.15) is 0 Å². The van der Waals surface area contributed by atoms with E-state index in [2.05, 4.69) is 40.7 Å². The van der Waals surface area contributed by atoms with Gasteiger partial charge in [-0.3, -0.25) is 9.69 Å². The molecule has 12 heteroatoms. The summed E-state index contributed by atoms with van der Waals surface area (Å²) in [5.41, 5.74) is 2.85. The van der Waals surface area contributed by atoms with Gasteiger partial charge in [0.2, 0.25) is 0 Å². The summed E-state index contributed by atoms with van der Waals surface area (Å²) in [5.74, 6) is 1.91. The van der Waals surface area contributed by atoms with Crippen LogP contribution in [0.25, 0.3) is 0 Å². The van der Waals surface area contributed by atoms with Gasteiger partial charge in [-0.25, -0.2) is 19.7 Å². The number of nitrogens with one attached hydrogen (secondary N) is 3. The van der Waals surface area contributed by atoms with Crippen molar-refractivity contribution in [3.63, 3.8) is 0 Å². The maximum Gasteiger partial charge on any atom is 0.406 e. The van der Waals surface area contributed by atoms with Crippen LogP contribution < -0.4 is 20.9 Å². The van der Waals surface area contributed by atoms with Crippen LogP contribution in [0.5, 0.6) is 0 Å². The van der Waals surface area contributed by atoms with E-state index in [0.717, 1.165) is 48.8 Å². The van der Waals surface area contributed by atoms with Gasteiger partial charge in [-0.15, -0.1) is 0 Å². The van der Waals surface area contributed by atoms with Crippen molar-refractivity contribution in [3.05, 3.63) is 52.3 Å². The number of amides is 2. The Morgan fingerprint density at radius 3 is 2.51 bits per heavy atom. The molecule has 0 radical (unpaired) electrons. The van der Waals surface area contributed by atoms with Crippen molar-refractivity contribution >= 4 is 45.8 Å². The number of thiazole rings is 1. The van der Waals surface area contributed by atoms with Crippen LogP contribution in [-0.2, 0) is 4.74 Å². The molecule has 0 bridgehead atoms. The number of para-hydroxylation sites is 1. The third-order valence-corrected chi connectivity index (χ3v) is 6.96. The number of carbonyl (C=O) groups is 2. The summed E-state index contributed by atoms with van der Waals surface area (Å²) in [6.45, 7) is 10.1. The zero-order valence-corrected chi connectivity index (χ0v) is 22.3. The number of piperazine rings is 1. The average Bonchev–Trinajstić information content (AvgIpc) is 3.34. The first-order chi connectivity index (χ1) is 17.8. The minimum atomic E-state index is -0.413. The lowest BCUT2D eigenvalue weighted by molar-refractivity contribution is 0.103. The van der Waals surface area contributed by atoms with Gasteiger partial charge >= 0.3 is 6.09 Å². The molecule has 37 heavy (non-hydrogen) atoms. The summed E-state index contributed by atoms with van der Waals surface area (Å²) in [7, 11) is 1.55. The topological polar surface area (TPSA) is 125 Å². The predicted molar refractivity (Wildman–Crippen MR) is 145 cm³/mol. The fourth-order valence-corrected chi connectivity index (χ4v) is 4.77. The Morgan fingerprint density at radius 1 is 1.08 bits per heavy atom. The van der Waals surface area contributed by atoms with Crippen molar-refractivity contribution in [2.24, 2.45) is 0 Å². The van der Waals surface area contributed by atoms with Gasteiger partial charge in [0.15, 0.2) is 5.13 Å². The van der Waals surface area contributed by atoms with Crippen LogP contribution in [0, 0.1) is 20.8 Å². The number of hydrogen-bond acceptors (Lipinski definition) is 10. The van der Waals surface area contributed by atoms with Crippen LogP contribution in [0.1, 0.15) is 26.6 Å². The Bertz CT molecular complexity index is 1240. The van der Waals surface area contributed by atoms with E-state index >= 15 is 0 Å². The number of nitrogens with zero attached hydrogens (tertiary/aromatic N) is 5. The monoisotopic (exact) mass is 524 g/mol. The molecule has 0 atom stereocenters. The molecule has 3 N–H and O–H groups in total. The quantitative estimate of drug-likeness (QED) is 0.407. The summed E-state index contributed by atoms with van der Waals surface area (Å²) in [5, 5.41) is 9.25. The molecule has 1 fully saturated rings. The molecular weight excluding hydrogens is 492 g/mol. The number of rotatable bonds is 8. The molecule has 0 unspecified atom stereocenters. The van der Waals surface area contributed by atoms with Gasteiger partial charge < -0.3 is 25.6 Å². The molecule has 11 nitrogen and oxygen atoms in total. The lowest BCUT2D eigenvalue weighted by Gasteiger charge is -2.35. The molecule has 196 valence electrons. The Balaban J connectivity index is 1.35. The lowest BCUT2D eigenvalue weighted by Crippen LogP contribution is -2.47. The fraction of sp³-hybridized carbons (Fsp3) is 0.400. The molecule has 2 amide bonds. The van der Waals surface area contributed by atoms with E-state index < -0.39 is 6.09 Å². The molecule has 1 aromatic carbocycles. The number of ether oxygens (including phenoxy) is 1. The Morgan fingerprint density at radius 2 is 1.81 bits per heavy atom. The van der Waals surface area contributed by atoms with E-state index in [1.165, 1.54) is 11.3 Å². The molecule has 1 aliphatic heterocycles. The summed E-state index contributed by atoms with van der Waals surface area (Å²) in [6.07, 6.45) is 1.15. The first-order valence-electron chi connectivity index (χ1n) is 12.1. The number of aromatic nitrogens is 3. The highest BCUT2D eigenvalue weighted by molar-refractivity contribution is 7.17. The van der Waals surface area contributed by atoms with Crippen LogP contribution in [0.4, 0.5) is 27.2 Å². The fourth-order valence-electron chi connectivity index (χ4n) is 4.05. The van der Waals surface area contributed by atoms with Crippen molar-refractivity contribution in [2.75, 3.05) is 61.9 Å². The minimum absolute atomic E-state index is 0.193. The molecular formula is C25H32N8O3S. The maximum atomic E-state index is 12.8. The first kappa shape index (κ1) is 26.3. The summed E-state index contributed by atoms with van der Waals surface area (Å²) in [4.78, 5) is 42.5. The van der Waals surface area contributed by atoms with E-state index in [0.29, 0.717) is 34.8 Å². The van der Waals surface area contributed by atoms with E-state index in [1.807, 2.05) is 45.0 Å².